The van der Waals surface area contributed by atoms with Gasteiger partial charge in [0.1, 0.15) is 11.9 Å². The summed E-state index contributed by atoms with van der Waals surface area (Å²) in [6, 6.07) is 5.92. The van der Waals surface area contributed by atoms with Gasteiger partial charge < -0.3 is 9.52 Å². The minimum absolute atomic E-state index is 0.548. The van der Waals surface area contributed by atoms with Gasteiger partial charge >= 0.3 is 0 Å². The number of aryl methyl sites for hydroxylation is 2. The van der Waals surface area contributed by atoms with Gasteiger partial charge in [0.2, 0.25) is 0 Å². The molecule has 2 rings (SSSR count). The van der Waals surface area contributed by atoms with E-state index in [1.54, 1.807) is 17.6 Å². The van der Waals surface area contributed by atoms with Crippen molar-refractivity contribution in [2.75, 3.05) is 0 Å². The average Bonchev–Trinajstić information content (AvgIpc) is 2.84. The highest BCUT2D eigenvalue weighted by Gasteiger charge is 2.14. The van der Waals surface area contributed by atoms with Crippen molar-refractivity contribution in [2.24, 2.45) is 0 Å². The highest BCUT2D eigenvalue weighted by atomic mass is 32.1. The molecule has 2 heterocycles. The molecule has 15 heavy (non-hydrogen) atoms. The summed E-state index contributed by atoms with van der Waals surface area (Å²) in [7, 11) is 0. The van der Waals surface area contributed by atoms with Gasteiger partial charge in [0, 0.05) is 15.3 Å². The molecule has 80 valence electrons. The number of rotatable bonds is 3. The number of furan rings is 1. The van der Waals surface area contributed by atoms with Crippen molar-refractivity contribution in [3.63, 3.8) is 0 Å². The number of hydrogen-bond donors (Lipinski definition) is 1. The predicted molar refractivity (Wildman–Crippen MR) is 61.2 cm³/mol. The van der Waals surface area contributed by atoms with Crippen LogP contribution in [0.25, 0.3) is 0 Å². The van der Waals surface area contributed by atoms with Gasteiger partial charge in [-0.2, -0.15) is 0 Å². The summed E-state index contributed by atoms with van der Waals surface area (Å²) in [5.74, 6) is 0.830. The predicted octanol–water partition coefficient (Wildman–Crippen LogP) is 3.29. The molecule has 2 nitrogen and oxygen atoms in total. The Morgan fingerprint density at radius 3 is 2.80 bits per heavy atom. The van der Waals surface area contributed by atoms with Crippen LogP contribution in [0, 0.1) is 6.92 Å². The fourth-order valence-corrected chi connectivity index (χ4v) is 2.47. The van der Waals surface area contributed by atoms with E-state index in [4.69, 9.17) is 4.42 Å². The molecule has 0 aliphatic heterocycles. The lowest BCUT2D eigenvalue weighted by Crippen LogP contribution is -1.94. The van der Waals surface area contributed by atoms with Crippen LogP contribution in [-0.4, -0.2) is 5.11 Å². The molecular weight excluding hydrogens is 208 g/mol. The molecule has 1 atom stereocenters. The van der Waals surface area contributed by atoms with Gasteiger partial charge in [-0.1, -0.05) is 6.92 Å². The first kappa shape index (κ1) is 10.5. The Kier molecular flexibility index (Phi) is 2.93. The lowest BCUT2D eigenvalue weighted by Gasteiger charge is -2.04. The standard InChI is InChI=1S/C12H14O2S/c1-3-10-4-5-11(15-10)12(13)9-6-8(2)14-7-9/h4-7,12-13H,3H2,1-2H3. The van der Waals surface area contributed by atoms with Gasteiger partial charge in [-0.05, 0) is 31.5 Å². The Morgan fingerprint density at radius 1 is 1.47 bits per heavy atom. The van der Waals surface area contributed by atoms with Crippen LogP contribution in [0.2, 0.25) is 0 Å². The molecule has 0 saturated carbocycles. The molecule has 0 aliphatic rings. The summed E-state index contributed by atoms with van der Waals surface area (Å²) in [4.78, 5) is 2.27. The minimum Gasteiger partial charge on any atom is -0.469 e. The third-order valence-corrected chi connectivity index (χ3v) is 3.65. The van der Waals surface area contributed by atoms with Gasteiger partial charge in [-0.25, -0.2) is 0 Å². The summed E-state index contributed by atoms with van der Waals surface area (Å²) < 4.78 is 5.18. The van der Waals surface area contributed by atoms with Crippen molar-refractivity contribution in [3.05, 3.63) is 45.5 Å². The van der Waals surface area contributed by atoms with Gasteiger partial charge in [0.15, 0.2) is 0 Å². The topological polar surface area (TPSA) is 33.4 Å². The first-order valence-corrected chi connectivity index (χ1v) is 5.84. The molecule has 0 amide bonds. The second-order valence-electron chi connectivity index (χ2n) is 3.55. The molecule has 1 unspecified atom stereocenters. The van der Waals surface area contributed by atoms with Gasteiger partial charge in [0.25, 0.3) is 0 Å². The van der Waals surface area contributed by atoms with Crippen LogP contribution < -0.4 is 0 Å². The molecule has 0 aromatic carbocycles. The third-order valence-electron chi connectivity index (χ3n) is 2.37. The Morgan fingerprint density at radius 2 is 2.27 bits per heavy atom. The van der Waals surface area contributed by atoms with Crippen molar-refractivity contribution in [3.8, 4) is 0 Å². The summed E-state index contributed by atoms with van der Waals surface area (Å²) in [6.45, 7) is 3.99. The average molecular weight is 222 g/mol. The van der Waals surface area contributed by atoms with Crippen LogP contribution in [-0.2, 0) is 6.42 Å². The van der Waals surface area contributed by atoms with Crippen molar-refractivity contribution in [1.82, 2.24) is 0 Å². The van der Waals surface area contributed by atoms with Crippen LogP contribution >= 0.6 is 11.3 Å². The summed E-state index contributed by atoms with van der Waals surface area (Å²) in [6.07, 6.45) is 2.08. The van der Waals surface area contributed by atoms with E-state index in [0.717, 1.165) is 22.6 Å². The maximum atomic E-state index is 10.1. The van der Waals surface area contributed by atoms with E-state index in [1.807, 2.05) is 19.1 Å². The molecule has 2 aromatic heterocycles. The van der Waals surface area contributed by atoms with Crippen LogP contribution in [0.5, 0.6) is 0 Å². The second kappa shape index (κ2) is 4.21. The summed E-state index contributed by atoms with van der Waals surface area (Å²) in [5, 5.41) is 10.1. The highest BCUT2D eigenvalue weighted by Crippen LogP contribution is 2.29. The quantitative estimate of drug-likeness (QED) is 0.864. The minimum atomic E-state index is -0.548. The molecule has 3 heteroatoms. The molecule has 0 saturated heterocycles. The normalized spacial score (nSPS) is 13.0. The van der Waals surface area contributed by atoms with Crippen molar-refractivity contribution < 1.29 is 9.52 Å². The highest BCUT2D eigenvalue weighted by molar-refractivity contribution is 7.12. The Bertz CT molecular complexity index is 442. The molecule has 0 bridgehead atoms. The van der Waals surface area contributed by atoms with E-state index in [9.17, 15) is 5.11 Å². The van der Waals surface area contributed by atoms with Crippen molar-refractivity contribution >= 4 is 11.3 Å². The number of aliphatic hydroxyl groups excluding tert-OH is 1. The van der Waals surface area contributed by atoms with Gasteiger partial charge in [-0.15, -0.1) is 11.3 Å². The van der Waals surface area contributed by atoms with Crippen LogP contribution in [0.4, 0.5) is 0 Å². The molecule has 0 aliphatic carbocycles. The Hall–Kier alpha value is -1.06. The van der Waals surface area contributed by atoms with Crippen LogP contribution in [0.15, 0.2) is 28.9 Å². The largest absolute Gasteiger partial charge is 0.469 e. The van der Waals surface area contributed by atoms with E-state index < -0.39 is 6.10 Å². The van der Waals surface area contributed by atoms with Gasteiger partial charge in [-0.3, -0.25) is 0 Å². The zero-order valence-electron chi connectivity index (χ0n) is 8.86. The zero-order chi connectivity index (χ0) is 10.8. The van der Waals surface area contributed by atoms with E-state index in [2.05, 4.69) is 13.0 Å². The summed E-state index contributed by atoms with van der Waals surface area (Å²) >= 11 is 1.65. The molecular formula is C12H14O2S. The first-order chi connectivity index (χ1) is 7.20. The smallest absolute Gasteiger partial charge is 0.116 e. The Labute approximate surface area is 93.2 Å². The van der Waals surface area contributed by atoms with E-state index in [0.29, 0.717) is 0 Å². The van der Waals surface area contributed by atoms with E-state index >= 15 is 0 Å². The molecule has 2 aromatic rings. The monoisotopic (exact) mass is 222 g/mol. The third kappa shape index (κ3) is 2.13. The lowest BCUT2D eigenvalue weighted by atomic mass is 10.1. The molecule has 0 radical (unpaired) electrons. The Balaban J connectivity index is 2.23. The number of hydrogen-bond acceptors (Lipinski definition) is 3. The second-order valence-corrected chi connectivity index (χ2v) is 4.75. The number of aliphatic hydroxyl groups is 1. The lowest BCUT2D eigenvalue weighted by molar-refractivity contribution is 0.223. The first-order valence-electron chi connectivity index (χ1n) is 5.02. The van der Waals surface area contributed by atoms with E-state index in [1.165, 1.54) is 4.88 Å². The number of thiophene rings is 1. The SMILES string of the molecule is CCc1ccc(C(O)c2coc(C)c2)s1. The zero-order valence-corrected chi connectivity index (χ0v) is 9.67. The van der Waals surface area contributed by atoms with Crippen LogP contribution in [0.1, 0.15) is 34.1 Å². The molecule has 1 N–H and O–H groups in total. The summed E-state index contributed by atoms with van der Waals surface area (Å²) in [5.41, 5.74) is 0.831. The van der Waals surface area contributed by atoms with Crippen LogP contribution in [0.3, 0.4) is 0 Å². The molecule has 0 spiro atoms. The maximum absolute atomic E-state index is 10.1. The molecule has 0 fully saturated rings. The van der Waals surface area contributed by atoms with Gasteiger partial charge in [0.05, 0.1) is 6.26 Å². The van der Waals surface area contributed by atoms with E-state index in [-0.39, 0.29) is 0 Å². The maximum Gasteiger partial charge on any atom is 0.116 e. The van der Waals surface area contributed by atoms with Crippen molar-refractivity contribution in [2.45, 2.75) is 26.4 Å². The fraction of sp³-hybridized carbons (Fsp3) is 0.333. The fourth-order valence-electron chi connectivity index (χ4n) is 1.50. The van der Waals surface area contributed by atoms with Crippen molar-refractivity contribution in [1.29, 1.82) is 0 Å².